The number of thioether (sulfide) groups is 1. The van der Waals surface area contributed by atoms with Gasteiger partial charge in [-0.3, -0.25) is 4.79 Å². The number of carbonyl (C=O) groups is 1. The summed E-state index contributed by atoms with van der Waals surface area (Å²) in [6, 6.07) is 14.0. The van der Waals surface area contributed by atoms with Gasteiger partial charge in [-0.2, -0.15) is 4.68 Å². The number of rotatable bonds is 6. The van der Waals surface area contributed by atoms with Gasteiger partial charge in [0.05, 0.1) is 11.4 Å². The number of nitrogens with zero attached hydrogens (tertiary/aromatic N) is 4. The molecule has 0 fully saturated rings. The number of hydrogen-bond acceptors (Lipinski definition) is 5. The van der Waals surface area contributed by atoms with Crippen LogP contribution in [0.15, 0.2) is 47.6 Å². The summed E-state index contributed by atoms with van der Waals surface area (Å²) in [7, 11) is 0. The van der Waals surface area contributed by atoms with Crippen molar-refractivity contribution < 1.29 is 4.79 Å². The molecular weight excluding hydrogens is 346 g/mol. The third-order valence-corrected chi connectivity index (χ3v) is 5.03. The summed E-state index contributed by atoms with van der Waals surface area (Å²) in [5, 5.41) is 15.4. The van der Waals surface area contributed by atoms with E-state index in [0.717, 1.165) is 28.9 Å². The fourth-order valence-corrected chi connectivity index (χ4v) is 3.31. The van der Waals surface area contributed by atoms with E-state index in [4.69, 9.17) is 0 Å². The number of aromatic nitrogens is 4. The zero-order valence-electron chi connectivity index (χ0n) is 15.1. The summed E-state index contributed by atoms with van der Waals surface area (Å²) < 4.78 is 1.65. The number of carbonyl (C=O) groups excluding carboxylic acids is 1. The van der Waals surface area contributed by atoms with Crippen molar-refractivity contribution in [3.63, 3.8) is 0 Å². The number of anilines is 1. The lowest BCUT2D eigenvalue weighted by Crippen LogP contribution is -2.16. The highest BCUT2D eigenvalue weighted by Crippen LogP contribution is 2.22. The van der Waals surface area contributed by atoms with Crippen molar-refractivity contribution in [2.75, 3.05) is 11.1 Å². The van der Waals surface area contributed by atoms with Gasteiger partial charge in [-0.1, -0.05) is 49.0 Å². The van der Waals surface area contributed by atoms with E-state index in [-0.39, 0.29) is 11.7 Å². The zero-order valence-corrected chi connectivity index (χ0v) is 15.9. The Balaban J connectivity index is 1.67. The molecule has 1 heterocycles. The van der Waals surface area contributed by atoms with E-state index in [0.29, 0.717) is 5.16 Å². The van der Waals surface area contributed by atoms with Gasteiger partial charge in [0.25, 0.3) is 0 Å². The standard InChI is InChI=1S/C19H21N5OS/c1-4-15-8-10-16(11-9-15)24-19(21-22-23-24)26-12-17(25)20-18-13(2)6-5-7-14(18)3/h5-11H,4,12H2,1-3H3,(H,20,25). The maximum Gasteiger partial charge on any atom is 0.234 e. The van der Waals surface area contributed by atoms with Crippen LogP contribution >= 0.6 is 11.8 Å². The van der Waals surface area contributed by atoms with Crippen LogP contribution in [-0.4, -0.2) is 31.9 Å². The molecule has 3 rings (SSSR count). The van der Waals surface area contributed by atoms with Crippen LogP contribution in [0.25, 0.3) is 5.69 Å². The summed E-state index contributed by atoms with van der Waals surface area (Å²) in [4.78, 5) is 12.3. The van der Waals surface area contributed by atoms with Crippen LogP contribution in [-0.2, 0) is 11.2 Å². The Morgan fingerprint density at radius 2 is 1.81 bits per heavy atom. The number of nitrogens with one attached hydrogen (secondary N) is 1. The fourth-order valence-electron chi connectivity index (χ4n) is 2.62. The first-order valence-corrected chi connectivity index (χ1v) is 9.43. The lowest BCUT2D eigenvalue weighted by Gasteiger charge is -2.11. The van der Waals surface area contributed by atoms with Gasteiger partial charge in [0, 0.05) is 5.69 Å². The molecule has 0 radical (unpaired) electrons. The number of benzene rings is 2. The minimum atomic E-state index is -0.0803. The van der Waals surface area contributed by atoms with E-state index < -0.39 is 0 Å². The molecule has 0 saturated carbocycles. The van der Waals surface area contributed by atoms with E-state index in [1.807, 2.05) is 44.2 Å². The average Bonchev–Trinajstić information content (AvgIpc) is 3.12. The number of tetrazole rings is 1. The molecule has 0 unspecified atom stereocenters. The molecule has 2 aromatic carbocycles. The van der Waals surface area contributed by atoms with Crippen molar-refractivity contribution in [2.24, 2.45) is 0 Å². The summed E-state index contributed by atoms with van der Waals surface area (Å²) in [5.74, 6) is 0.157. The van der Waals surface area contributed by atoms with E-state index >= 15 is 0 Å². The van der Waals surface area contributed by atoms with E-state index in [1.54, 1.807) is 4.68 Å². The van der Waals surface area contributed by atoms with Gasteiger partial charge in [-0.25, -0.2) is 0 Å². The van der Waals surface area contributed by atoms with Crippen molar-refractivity contribution in [3.05, 3.63) is 59.2 Å². The highest BCUT2D eigenvalue weighted by Gasteiger charge is 2.13. The second-order valence-corrected chi connectivity index (χ2v) is 6.94. The van der Waals surface area contributed by atoms with E-state index in [1.165, 1.54) is 17.3 Å². The highest BCUT2D eigenvalue weighted by atomic mass is 32.2. The van der Waals surface area contributed by atoms with Crippen LogP contribution in [0.1, 0.15) is 23.6 Å². The molecule has 1 amide bonds. The maximum absolute atomic E-state index is 12.3. The van der Waals surface area contributed by atoms with Crippen LogP contribution in [0.2, 0.25) is 0 Å². The van der Waals surface area contributed by atoms with Gasteiger partial charge in [0.15, 0.2) is 0 Å². The minimum Gasteiger partial charge on any atom is -0.325 e. The van der Waals surface area contributed by atoms with Crippen LogP contribution < -0.4 is 5.32 Å². The number of amides is 1. The molecule has 1 N–H and O–H groups in total. The molecule has 0 atom stereocenters. The van der Waals surface area contributed by atoms with Gasteiger partial charge in [0.2, 0.25) is 11.1 Å². The zero-order chi connectivity index (χ0) is 18.5. The highest BCUT2D eigenvalue weighted by molar-refractivity contribution is 7.99. The molecule has 26 heavy (non-hydrogen) atoms. The molecule has 0 bridgehead atoms. The molecule has 6 nitrogen and oxygen atoms in total. The monoisotopic (exact) mass is 367 g/mol. The van der Waals surface area contributed by atoms with Gasteiger partial charge in [0.1, 0.15) is 0 Å². The Morgan fingerprint density at radius 3 is 2.46 bits per heavy atom. The quantitative estimate of drug-likeness (QED) is 0.674. The second kappa shape index (κ2) is 8.14. The molecule has 1 aromatic heterocycles. The Hall–Kier alpha value is -2.67. The maximum atomic E-state index is 12.3. The predicted octanol–water partition coefficient (Wildman–Crippen LogP) is 3.57. The topological polar surface area (TPSA) is 72.7 Å². The average molecular weight is 367 g/mol. The minimum absolute atomic E-state index is 0.0803. The van der Waals surface area contributed by atoms with E-state index in [2.05, 4.69) is 39.9 Å². The molecule has 0 saturated heterocycles. The second-order valence-electron chi connectivity index (χ2n) is 6.00. The van der Waals surface area contributed by atoms with Gasteiger partial charge in [-0.05, 0) is 59.5 Å². The van der Waals surface area contributed by atoms with Crippen LogP contribution in [0, 0.1) is 13.8 Å². The number of aryl methyl sites for hydroxylation is 3. The van der Waals surface area contributed by atoms with Crippen molar-refractivity contribution in [1.29, 1.82) is 0 Å². The molecule has 0 aliphatic carbocycles. The summed E-state index contributed by atoms with van der Waals surface area (Å²) in [6.45, 7) is 6.08. The molecule has 0 spiro atoms. The Labute approximate surface area is 157 Å². The molecule has 3 aromatic rings. The van der Waals surface area contributed by atoms with Crippen molar-refractivity contribution >= 4 is 23.4 Å². The molecule has 7 heteroatoms. The summed E-state index contributed by atoms with van der Waals surface area (Å²) >= 11 is 1.31. The first-order chi connectivity index (χ1) is 12.6. The lowest BCUT2D eigenvalue weighted by atomic mass is 10.1. The van der Waals surface area contributed by atoms with Crippen molar-refractivity contribution in [1.82, 2.24) is 20.2 Å². The normalized spacial score (nSPS) is 10.7. The van der Waals surface area contributed by atoms with Crippen molar-refractivity contribution in [2.45, 2.75) is 32.3 Å². The third kappa shape index (κ3) is 4.11. The van der Waals surface area contributed by atoms with Crippen LogP contribution in [0.5, 0.6) is 0 Å². The first kappa shape index (κ1) is 18.1. The van der Waals surface area contributed by atoms with Crippen molar-refractivity contribution in [3.8, 4) is 5.69 Å². The summed E-state index contributed by atoms with van der Waals surface area (Å²) in [6.07, 6.45) is 0.982. The van der Waals surface area contributed by atoms with Crippen LogP contribution in [0.4, 0.5) is 5.69 Å². The lowest BCUT2D eigenvalue weighted by molar-refractivity contribution is -0.113. The van der Waals surface area contributed by atoms with E-state index in [9.17, 15) is 4.79 Å². The number of hydrogen-bond donors (Lipinski definition) is 1. The molecular formula is C19H21N5OS. The SMILES string of the molecule is CCc1ccc(-n2nnnc2SCC(=O)Nc2c(C)cccc2C)cc1. The third-order valence-electron chi connectivity index (χ3n) is 4.11. The Morgan fingerprint density at radius 1 is 1.12 bits per heavy atom. The fraction of sp³-hybridized carbons (Fsp3) is 0.263. The predicted molar refractivity (Wildman–Crippen MR) is 104 cm³/mol. The molecule has 134 valence electrons. The first-order valence-electron chi connectivity index (χ1n) is 8.45. The van der Waals surface area contributed by atoms with Gasteiger partial charge < -0.3 is 5.32 Å². The molecule has 0 aliphatic heterocycles. The number of para-hydroxylation sites is 1. The van der Waals surface area contributed by atoms with Gasteiger partial charge >= 0.3 is 0 Å². The smallest absolute Gasteiger partial charge is 0.234 e. The molecule has 0 aliphatic rings. The largest absolute Gasteiger partial charge is 0.325 e. The summed E-state index contributed by atoms with van der Waals surface area (Å²) in [5.41, 5.74) is 5.09. The Bertz CT molecular complexity index is 884. The van der Waals surface area contributed by atoms with Crippen LogP contribution in [0.3, 0.4) is 0 Å². The Kier molecular flexibility index (Phi) is 5.68. The van der Waals surface area contributed by atoms with Gasteiger partial charge in [-0.15, -0.1) is 5.10 Å².